The van der Waals surface area contributed by atoms with Crippen molar-refractivity contribution < 1.29 is 23.8 Å². The number of carbonyl (C=O) groups excluding carboxylic acids is 2. The van der Waals surface area contributed by atoms with E-state index in [0.29, 0.717) is 47.4 Å². The molecule has 3 aromatic carbocycles. The lowest BCUT2D eigenvalue weighted by Gasteiger charge is -2.21. The minimum atomic E-state index is -0.462. The van der Waals surface area contributed by atoms with Crippen molar-refractivity contribution in [2.45, 2.75) is 0 Å². The molecule has 7 nitrogen and oxygen atoms in total. The van der Waals surface area contributed by atoms with Crippen LogP contribution in [0.25, 0.3) is 5.57 Å². The van der Waals surface area contributed by atoms with Crippen molar-refractivity contribution in [3.63, 3.8) is 0 Å². The average Bonchev–Trinajstić information content (AvgIpc) is 3.08. The lowest BCUT2D eigenvalue weighted by molar-refractivity contribution is -0.120. The molecular formula is C25H20N2O5. The standard InChI is InChI=1S/C25H20N2O5/c1-30-19-10-6-5-9-18(19)26-23-22(16-7-3-2-4-8-16)24(28)27(25(23)29)17-11-12-20-21(15-17)32-14-13-31-20/h2-12,15,26H,13-14H2,1H3. The van der Waals surface area contributed by atoms with Gasteiger partial charge in [0.25, 0.3) is 11.8 Å². The van der Waals surface area contributed by atoms with Gasteiger partial charge in [0, 0.05) is 6.07 Å². The number of hydrogen-bond donors (Lipinski definition) is 1. The van der Waals surface area contributed by atoms with Gasteiger partial charge in [0.05, 0.1) is 24.1 Å². The number of nitrogens with one attached hydrogen (secondary N) is 1. The van der Waals surface area contributed by atoms with Crippen LogP contribution in [0.3, 0.4) is 0 Å². The van der Waals surface area contributed by atoms with Gasteiger partial charge in [0.15, 0.2) is 11.5 Å². The van der Waals surface area contributed by atoms with Crippen LogP contribution in [0, 0.1) is 0 Å². The molecule has 0 fully saturated rings. The molecule has 1 N–H and O–H groups in total. The molecule has 3 aromatic rings. The zero-order valence-corrected chi connectivity index (χ0v) is 17.3. The first-order valence-corrected chi connectivity index (χ1v) is 10.2. The summed E-state index contributed by atoms with van der Waals surface area (Å²) in [7, 11) is 1.55. The SMILES string of the molecule is COc1ccccc1NC1=C(c2ccccc2)C(=O)N(c2ccc3c(c2)OCCO3)C1=O. The maximum absolute atomic E-state index is 13.5. The molecule has 2 amide bonds. The van der Waals surface area contributed by atoms with Crippen molar-refractivity contribution in [1.29, 1.82) is 0 Å². The molecule has 7 heteroatoms. The van der Waals surface area contributed by atoms with Crippen LogP contribution in [0.4, 0.5) is 11.4 Å². The molecule has 0 radical (unpaired) electrons. The lowest BCUT2D eigenvalue weighted by Crippen LogP contribution is -2.32. The largest absolute Gasteiger partial charge is 0.495 e. The summed E-state index contributed by atoms with van der Waals surface area (Å²) >= 11 is 0. The Labute approximate surface area is 184 Å². The maximum Gasteiger partial charge on any atom is 0.282 e. The molecule has 32 heavy (non-hydrogen) atoms. The fraction of sp³-hybridized carbons (Fsp3) is 0.120. The van der Waals surface area contributed by atoms with Crippen LogP contribution >= 0.6 is 0 Å². The molecule has 0 bridgehead atoms. The van der Waals surface area contributed by atoms with Gasteiger partial charge in [-0.05, 0) is 29.8 Å². The van der Waals surface area contributed by atoms with E-state index in [2.05, 4.69) is 5.32 Å². The monoisotopic (exact) mass is 428 g/mol. The van der Waals surface area contributed by atoms with Crippen molar-refractivity contribution in [2.75, 3.05) is 30.5 Å². The summed E-state index contributed by atoms with van der Waals surface area (Å²) < 4.78 is 16.6. The number of nitrogens with zero attached hydrogens (tertiary/aromatic N) is 1. The number of ether oxygens (including phenoxy) is 3. The van der Waals surface area contributed by atoms with E-state index in [0.717, 1.165) is 4.90 Å². The van der Waals surface area contributed by atoms with Crippen LogP contribution in [0.1, 0.15) is 5.56 Å². The summed E-state index contributed by atoms with van der Waals surface area (Å²) in [5, 5.41) is 3.14. The van der Waals surface area contributed by atoms with Crippen molar-refractivity contribution in [3.8, 4) is 17.2 Å². The van der Waals surface area contributed by atoms with Gasteiger partial charge in [0.1, 0.15) is 24.7 Å². The summed E-state index contributed by atoms with van der Waals surface area (Å²) in [5.74, 6) is 0.765. The van der Waals surface area contributed by atoms with E-state index in [1.54, 1.807) is 49.6 Å². The Morgan fingerprint density at radius 3 is 2.34 bits per heavy atom. The van der Waals surface area contributed by atoms with E-state index in [-0.39, 0.29) is 11.3 Å². The molecule has 2 aliphatic rings. The Balaban J connectivity index is 1.59. The topological polar surface area (TPSA) is 77.1 Å². The molecule has 0 aliphatic carbocycles. The lowest BCUT2D eigenvalue weighted by atomic mass is 10.0. The second kappa shape index (κ2) is 8.11. The molecule has 0 unspecified atom stereocenters. The van der Waals surface area contributed by atoms with Crippen molar-refractivity contribution >= 4 is 28.8 Å². The molecule has 160 valence electrons. The zero-order chi connectivity index (χ0) is 22.1. The van der Waals surface area contributed by atoms with Crippen molar-refractivity contribution in [2.24, 2.45) is 0 Å². The van der Waals surface area contributed by atoms with Crippen LogP contribution in [-0.2, 0) is 9.59 Å². The number of rotatable bonds is 5. The van der Waals surface area contributed by atoms with Gasteiger partial charge in [-0.1, -0.05) is 42.5 Å². The predicted molar refractivity (Wildman–Crippen MR) is 120 cm³/mol. The number of para-hydroxylation sites is 2. The third-order valence-electron chi connectivity index (χ3n) is 5.30. The molecule has 0 saturated heterocycles. The predicted octanol–water partition coefficient (Wildman–Crippen LogP) is 3.86. The number of fused-ring (bicyclic) bond motifs is 1. The van der Waals surface area contributed by atoms with Crippen LogP contribution in [0.15, 0.2) is 78.5 Å². The Hall–Kier alpha value is -4.26. The Bertz CT molecular complexity index is 1240. The van der Waals surface area contributed by atoms with Gasteiger partial charge in [-0.2, -0.15) is 0 Å². The molecule has 2 heterocycles. The Morgan fingerprint density at radius 1 is 0.844 bits per heavy atom. The summed E-state index contributed by atoms with van der Waals surface area (Å²) in [6, 6.07) is 21.4. The first-order chi connectivity index (χ1) is 15.7. The molecule has 0 spiro atoms. The third kappa shape index (κ3) is 3.33. The Kier molecular flexibility index (Phi) is 4.99. The number of hydrogen-bond acceptors (Lipinski definition) is 6. The highest BCUT2D eigenvalue weighted by Crippen LogP contribution is 2.39. The van der Waals surface area contributed by atoms with E-state index in [9.17, 15) is 9.59 Å². The van der Waals surface area contributed by atoms with E-state index >= 15 is 0 Å². The number of anilines is 2. The number of benzene rings is 3. The first-order valence-electron chi connectivity index (χ1n) is 10.2. The molecule has 2 aliphatic heterocycles. The van der Waals surface area contributed by atoms with Crippen molar-refractivity contribution in [1.82, 2.24) is 0 Å². The van der Waals surface area contributed by atoms with E-state index < -0.39 is 11.8 Å². The first kappa shape index (κ1) is 19.7. The second-order valence-electron chi connectivity index (χ2n) is 7.21. The highest BCUT2D eigenvalue weighted by molar-refractivity contribution is 6.46. The summed E-state index contributed by atoms with van der Waals surface area (Å²) in [6.07, 6.45) is 0. The fourth-order valence-electron chi connectivity index (χ4n) is 3.81. The van der Waals surface area contributed by atoms with E-state index in [1.165, 1.54) is 0 Å². The van der Waals surface area contributed by atoms with Gasteiger partial charge in [0.2, 0.25) is 0 Å². The highest BCUT2D eigenvalue weighted by Gasteiger charge is 2.40. The van der Waals surface area contributed by atoms with Crippen molar-refractivity contribution in [3.05, 3.63) is 84.1 Å². The highest BCUT2D eigenvalue weighted by atomic mass is 16.6. The molecule has 5 rings (SSSR count). The maximum atomic E-state index is 13.5. The Morgan fingerprint density at radius 2 is 1.56 bits per heavy atom. The fourth-order valence-corrected chi connectivity index (χ4v) is 3.81. The number of carbonyl (C=O) groups is 2. The molecule has 0 atom stereocenters. The number of imide groups is 1. The van der Waals surface area contributed by atoms with E-state index in [4.69, 9.17) is 14.2 Å². The average molecular weight is 428 g/mol. The van der Waals surface area contributed by atoms with Crippen LogP contribution in [0.5, 0.6) is 17.2 Å². The van der Waals surface area contributed by atoms with Gasteiger partial charge in [-0.25, -0.2) is 4.90 Å². The summed E-state index contributed by atoms with van der Waals surface area (Å²) in [4.78, 5) is 28.2. The van der Waals surface area contributed by atoms with E-state index in [1.807, 2.05) is 30.3 Å². The summed E-state index contributed by atoms with van der Waals surface area (Å²) in [5.41, 5.74) is 2.11. The minimum Gasteiger partial charge on any atom is -0.495 e. The van der Waals surface area contributed by atoms with Crippen LogP contribution in [-0.4, -0.2) is 32.1 Å². The molecule has 0 aromatic heterocycles. The zero-order valence-electron chi connectivity index (χ0n) is 17.3. The third-order valence-corrected chi connectivity index (χ3v) is 5.30. The summed E-state index contributed by atoms with van der Waals surface area (Å²) in [6.45, 7) is 0.868. The van der Waals surface area contributed by atoms with Gasteiger partial charge in [-0.15, -0.1) is 0 Å². The molecule has 0 saturated carbocycles. The normalized spacial score (nSPS) is 15.2. The smallest absolute Gasteiger partial charge is 0.282 e. The number of amides is 2. The number of methoxy groups -OCH3 is 1. The quantitative estimate of drug-likeness (QED) is 0.622. The van der Waals surface area contributed by atoms with Gasteiger partial charge >= 0.3 is 0 Å². The van der Waals surface area contributed by atoms with Crippen LogP contribution < -0.4 is 24.4 Å². The van der Waals surface area contributed by atoms with Crippen LogP contribution in [0.2, 0.25) is 0 Å². The second-order valence-corrected chi connectivity index (χ2v) is 7.21. The van der Waals surface area contributed by atoms with Gasteiger partial charge in [-0.3, -0.25) is 9.59 Å². The molecular weight excluding hydrogens is 408 g/mol. The van der Waals surface area contributed by atoms with Gasteiger partial charge < -0.3 is 19.5 Å². The minimum absolute atomic E-state index is 0.181.